The third-order valence-corrected chi connectivity index (χ3v) is 22.9. The molecule has 0 atom stereocenters. The molecule has 16 aromatic carbocycles. The van der Waals surface area contributed by atoms with Crippen LogP contribution in [0.2, 0.25) is 0 Å². The van der Waals surface area contributed by atoms with E-state index in [0.29, 0.717) is 34.9 Å². The van der Waals surface area contributed by atoms with Gasteiger partial charge in [-0.05, 0) is 149 Å². The number of nitrogens with zero attached hydrogens (tertiary/aromatic N) is 13. The van der Waals surface area contributed by atoms with Crippen LogP contribution >= 0.6 is 15.9 Å². The van der Waals surface area contributed by atoms with Gasteiger partial charge in [0.2, 0.25) is 11.6 Å². The van der Waals surface area contributed by atoms with Gasteiger partial charge in [0.05, 0.1) is 55.2 Å². The van der Waals surface area contributed by atoms with Crippen LogP contribution < -0.4 is 0 Å². The monoisotopic (exact) mass is 1590 g/mol. The van der Waals surface area contributed by atoms with Crippen LogP contribution in [-0.2, 0) is 6.42 Å². The normalized spacial score (nSPS) is 11.7. The molecule has 0 saturated carbocycles. The number of imidazole rings is 4. The number of para-hydroxylation sites is 9. The molecule has 119 heavy (non-hydrogen) atoms. The molecule has 0 aliphatic heterocycles. The number of rotatable bonds is 11. The zero-order chi connectivity index (χ0) is 78.9. The molecule has 1 aliphatic rings. The number of halogens is 1. The summed E-state index contributed by atoms with van der Waals surface area (Å²) in [6.07, 6.45) is 1.01. The van der Waals surface area contributed by atoms with E-state index in [1.54, 1.807) is 0 Å². The van der Waals surface area contributed by atoms with E-state index >= 15 is 0 Å². The Morgan fingerprint density at radius 3 is 1.08 bits per heavy atom. The molecule has 0 spiro atoms. The quantitative estimate of drug-likeness (QED) is 0.125. The zero-order valence-corrected chi connectivity index (χ0v) is 65.6. The molecule has 7 heterocycles. The Bertz CT molecular complexity index is 7720. The highest BCUT2D eigenvalue weighted by Gasteiger charge is 2.26. The fraction of sp³-hybridized carbons (Fsp3) is 0.00952. The summed E-state index contributed by atoms with van der Waals surface area (Å²) < 4.78 is 12.5. The van der Waals surface area contributed by atoms with E-state index in [2.05, 4.69) is 298 Å². The summed E-state index contributed by atoms with van der Waals surface area (Å²) in [6, 6.07) is 139. The molecule has 1 aliphatic carbocycles. The second-order valence-corrected chi connectivity index (χ2v) is 30.5. The van der Waals surface area contributed by atoms with Gasteiger partial charge < -0.3 is 4.57 Å². The molecule has 0 saturated heterocycles. The van der Waals surface area contributed by atoms with Crippen LogP contribution in [0.5, 0.6) is 0 Å². The van der Waals surface area contributed by atoms with Crippen LogP contribution in [0.15, 0.2) is 405 Å². The lowest BCUT2D eigenvalue weighted by atomic mass is 9.98. The maximum absolute atomic E-state index is 5.26. The van der Waals surface area contributed by atoms with Crippen molar-refractivity contribution in [2.45, 2.75) is 6.42 Å². The fourth-order valence-corrected chi connectivity index (χ4v) is 17.4. The predicted molar refractivity (Wildman–Crippen MR) is 486 cm³/mol. The lowest BCUT2D eigenvalue weighted by Gasteiger charge is -2.12. The standard InChI is InChI=1S/C52H33N7.C32H21N3.C21H14BrN3/c1-4-16-34(17-5-1)49-54-50(35-18-6-2-7-19-35)56-51(55-49)37-20-14-23-39(32-37)57-44-27-11-10-24-41(44)42-33-36(30-31-45(42)57)40-25-15-26-43-48(40)59-47-29-13-12-28-46(47)58(52(59)53-43)38-21-8-3-9-22-38;1-2-10-24(11-3-1)34-29-15-6-7-16-30(29)35-31-26(13-8-14-28(31)33-32(34)35)23-18-17-22-19-21-9-4-5-12-25(21)27(22)20-23;22-18-13-7-12-17(14-18)21-24-19(15-8-3-1-4-9-15)23-20(25-21)16-10-5-2-6-11-16/h1-33H;1-18,20H,19H2;1-14H. The summed E-state index contributed by atoms with van der Waals surface area (Å²) in [5.74, 6) is 5.73. The largest absolute Gasteiger partial charge is 0.309 e. The van der Waals surface area contributed by atoms with E-state index in [1.807, 2.05) is 146 Å². The van der Waals surface area contributed by atoms with Crippen molar-refractivity contribution in [2.75, 3.05) is 0 Å². The average molecular weight is 1590 g/mol. The fourth-order valence-electron chi connectivity index (χ4n) is 17.0. The number of benzene rings is 16. The van der Waals surface area contributed by atoms with Crippen LogP contribution in [-0.4, -0.2) is 62.4 Å². The van der Waals surface area contributed by atoms with Crippen LogP contribution in [0.1, 0.15) is 11.1 Å². The Kier molecular flexibility index (Phi) is 17.4. The van der Waals surface area contributed by atoms with Crippen LogP contribution in [0.3, 0.4) is 0 Å². The average Bonchev–Trinajstić information content (AvgIpc) is 1.87. The summed E-state index contributed by atoms with van der Waals surface area (Å²) in [7, 11) is 0. The molecule has 560 valence electrons. The zero-order valence-electron chi connectivity index (χ0n) is 64.0. The summed E-state index contributed by atoms with van der Waals surface area (Å²) >= 11 is 3.52. The minimum absolute atomic E-state index is 0.622. The van der Waals surface area contributed by atoms with E-state index in [0.717, 1.165) is 139 Å². The Balaban J connectivity index is 0.000000120. The van der Waals surface area contributed by atoms with Gasteiger partial charge in [-0.2, -0.15) is 0 Å². The molecule has 24 rings (SSSR count). The Morgan fingerprint density at radius 1 is 0.210 bits per heavy atom. The maximum Gasteiger partial charge on any atom is 0.220 e. The number of hydrogen-bond acceptors (Lipinski definition) is 8. The van der Waals surface area contributed by atoms with E-state index in [9.17, 15) is 0 Å². The Labute approximate surface area is 692 Å². The van der Waals surface area contributed by atoms with Crippen molar-refractivity contribution in [3.05, 3.63) is 416 Å². The minimum Gasteiger partial charge on any atom is -0.309 e. The molecule has 0 bridgehead atoms. The molecular weight excluding hydrogens is 1520 g/mol. The Hall–Kier alpha value is -15.6. The molecule has 0 radical (unpaired) electrons. The summed E-state index contributed by atoms with van der Waals surface area (Å²) in [6.45, 7) is 0. The van der Waals surface area contributed by atoms with Gasteiger partial charge in [0.15, 0.2) is 34.9 Å². The summed E-state index contributed by atoms with van der Waals surface area (Å²) in [5.41, 5.74) is 30.1. The summed E-state index contributed by atoms with van der Waals surface area (Å²) in [4.78, 5) is 39.5. The Morgan fingerprint density at radius 2 is 0.571 bits per heavy atom. The van der Waals surface area contributed by atoms with Crippen molar-refractivity contribution in [2.24, 2.45) is 0 Å². The van der Waals surface area contributed by atoms with Gasteiger partial charge in [0, 0.05) is 76.8 Å². The first-order valence-electron chi connectivity index (χ1n) is 39.7. The van der Waals surface area contributed by atoms with Crippen LogP contribution in [0.4, 0.5) is 0 Å². The van der Waals surface area contributed by atoms with Crippen molar-refractivity contribution < 1.29 is 0 Å². The molecule has 7 aromatic heterocycles. The molecule has 0 amide bonds. The van der Waals surface area contributed by atoms with Crippen molar-refractivity contribution in [1.82, 2.24) is 62.4 Å². The number of fused-ring (bicyclic) bond motifs is 16. The van der Waals surface area contributed by atoms with E-state index in [1.165, 1.54) is 44.2 Å². The van der Waals surface area contributed by atoms with E-state index in [-0.39, 0.29) is 0 Å². The highest BCUT2D eigenvalue weighted by Crippen LogP contribution is 2.44. The second kappa shape index (κ2) is 29.6. The van der Waals surface area contributed by atoms with Gasteiger partial charge in [-0.25, -0.2) is 39.9 Å². The molecular formula is C105H68BrN13. The lowest BCUT2D eigenvalue weighted by molar-refractivity contribution is 1.07. The van der Waals surface area contributed by atoms with Crippen molar-refractivity contribution in [1.29, 1.82) is 0 Å². The highest BCUT2D eigenvalue weighted by atomic mass is 79.9. The first kappa shape index (κ1) is 70.0. The maximum atomic E-state index is 5.26. The molecule has 0 unspecified atom stereocenters. The molecule has 13 nitrogen and oxygen atoms in total. The van der Waals surface area contributed by atoms with Gasteiger partial charge >= 0.3 is 0 Å². The smallest absolute Gasteiger partial charge is 0.220 e. The lowest BCUT2D eigenvalue weighted by Crippen LogP contribution is -2.01. The van der Waals surface area contributed by atoms with Gasteiger partial charge in [0.25, 0.3) is 0 Å². The third-order valence-electron chi connectivity index (χ3n) is 22.4. The molecule has 0 fully saturated rings. The van der Waals surface area contributed by atoms with Gasteiger partial charge in [-0.3, -0.25) is 17.9 Å². The topological polar surface area (TPSA) is 127 Å². The van der Waals surface area contributed by atoms with Crippen LogP contribution in [0, 0.1) is 0 Å². The third kappa shape index (κ3) is 12.6. The second-order valence-electron chi connectivity index (χ2n) is 29.6. The van der Waals surface area contributed by atoms with E-state index in [4.69, 9.17) is 34.9 Å². The van der Waals surface area contributed by atoms with Gasteiger partial charge in [-0.15, -0.1) is 0 Å². The van der Waals surface area contributed by atoms with Crippen LogP contribution in [0.25, 0.3) is 196 Å². The van der Waals surface area contributed by atoms with Gasteiger partial charge in [-0.1, -0.05) is 307 Å². The first-order chi connectivity index (χ1) is 58.9. The highest BCUT2D eigenvalue weighted by molar-refractivity contribution is 9.10. The SMILES string of the molecule is Brc1cccc(-c2nc(-c3ccccc3)nc(-c3ccccc3)n2)c1.c1ccc(-c2nc(-c3ccccc3)nc(-c3cccc(-n4c5ccccc5c5cc(-c6cccc7nc8n(-c9ccccc9)c9ccccc9n8c67)ccc54)c3)n2)cc1.c1ccc(-n2c3ccccc3n3c4c(-c5ccc6c(c5)-c5ccccc5C6)cccc4nc23)cc1. The molecule has 23 aromatic rings. The summed E-state index contributed by atoms with van der Waals surface area (Å²) in [5, 5.41) is 2.35. The number of hydrogen-bond donors (Lipinski definition) is 0. The number of aromatic nitrogens is 13. The first-order valence-corrected chi connectivity index (χ1v) is 40.5. The van der Waals surface area contributed by atoms with Gasteiger partial charge in [0.1, 0.15) is 0 Å². The minimum atomic E-state index is 0.622. The van der Waals surface area contributed by atoms with Crippen molar-refractivity contribution >= 4 is 93.4 Å². The predicted octanol–water partition coefficient (Wildman–Crippen LogP) is 25.7. The molecule has 0 N–H and O–H groups in total. The van der Waals surface area contributed by atoms with Crippen molar-refractivity contribution in [3.63, 3.8) is 0 Å². The van der Waals surface area contributed by atoms with Crippen molar-refractivity contribution in [3.8, 4) is 119 Å². The van der Waals surface area contributed by atoms with E-state index < -0.39 is 0 Å². The molecule has 14 heteroatoms.